The summed E-state index contributed by atoms with van der Waals surface area (Å²) in [6.45, 7) is 0. The van der Waals surface area contributed by atoms with E-state index in [0.717, 1.165) is 21.9 Å². The SMILES string of the molecule is O=C(Oc1cc(-c2ccc3cc(O)ccc3c2)ccc1F)c1ccccc1. The molecular weight excluding hydrogens is 343 g/mol. The van der Waals surface area contributed by atoms with Crippen LogP contribution in [0, 0.1) is 5.82 Å². The van der Waals surface area contributed by atoms with Gasteiger partial charge in [0, 0.05) is 0 Å². The summed E-state index contributed by atoms with van der Waals surface area (Å²) >= 11 is 0. The Morgan fingerprint density at radius 1 is 0.778 bits per heavy atom. The van der Waals surface area contributed by atoms with Crippen LogP contribution in [0.25, 0.3) is 21.9 Å². The summed E-state index contributed by atoms with van der Waals surface area (Å²) in [6.07, 6.45) is 0. The van der Waals surface area contributed by atoms with Gasteiger partial charge in [-0.05, 0) is 64.4 Å². The fraction of sp³-hybridized carbons (Fsp3) is 0. The lowest BCUT2D eigenvalue weighted by molar-refractivity contribution is 0.0728. The molecule has 132 valence electrons. The lowest BCUT2D eigenvalue weighted by Crippen LogP contribution is -2.09. The van der Waals surface area contributed by atoms with E-state index in [1.54, 1.807) is 48.5 Å². The van der Waals surface area contributed by atoms with E-state index in [1.165, 1.54) is 12.1 Å². The molecule has 3 nitrogen and oxygen atoms in total. The number of halogens is 1. The molecule has 0 unspecified atom stereocenters. The Hall–Kier alpha value is -3.66. The van der Waals surface area contributed by atoms with Gasteiger partial charge in [-0.2, -0.15) is 0 Å². The fourth-order valence-corrected chi connectivity index (χ4v) is 2.91. The maximum atomic E-state index is 14.2. The van der Waals surface area contributed by atoms with E-state index in [0.29, 0.717) is 5.56 Å². The monoisotopic (exact) mass is 358 g/mol. The van der Waals surface area contributed by atoms with Crippen LogP contribution in [-0.2, 0) is 0 Å². The Kier molecular flexibility index (Phi) is 4.30. The van der Waals surface area contributed by atoms with Crippen molar-refractivity contribution in [2.75, 3.05) is 0 Å². The average Bonchev–Trinajstić information content (AvgIpc) is 2.70. The smallest absolute Gasteiger partial charge is 0.343 e. The molecule has 4 heteroatoms. The molecule has 4 aromatic carbocycles. The van der Waals surface area contributed by atoms with Crippen LogP contribution < -0.4 is 4.74 Å². The number of rotatable bonds is 3. The molecule has 0 spiro atoms. The van der Waals surface area contributed by atoms with Gasteiger partial charge in [-0.3, -0.25) is 0 Å². The number of aromatic hydroxyl groups is 1. The van der Waals surface area contributed by atoms with Crippen LogP contribution in [-0.4, -0.2) is 11.1 Å². The molecule has 0 amide bonds. The van der Waals surface area contributed by atoms with Crippen molar-refractivity contribution in [1.82, 2.24) is 0 Å². The zero-order valence-corrected chi connectivity index (χ0v) is 14.2. The van der Waals surface area contributed by atoms with Crippen LogP contribution in [0.4, 0.5) is 4.39 Å². The first-order chi connectivity index (χ1) is 13.1. The maximum absolute atomic E-state index is 14.2. The van der Waals surface area contributed by atoms with Crippen LogP contribution in [0.1, 0.15) is 10.4 Å². The normalized spacial score (nSPS) is 10.7. The molecule has 0 fully saturated rings. The van der Waals surface area contributed by atoms with E-state index in [1.807, 2.05) is 24.3 Å². The van der Waals surface area contributed by atoms with Crippen molar-refractivity contribution in [2.24, 2.45) is 0 Å². The summed E-state index contributed by atoms with van der Waals surface area (Å²) in [7, 11) is 0. The molecule has 4 aromatic rings. The van der Waals surface area contributed by atoms with E-state index in [-0.39, 0.29) is 11.5 Å². The molecule has 0 bridgehead atoms. The van der Waals surface area contributed by atoms with Gasteiger partial charge in [0.05, 0.1) is 5.56 Å². The Morgan fingerprint density at radius 3 is 2.26 bits per heavy atom. The van der Waals surface area contributed by atoms with Crippen LogP contribution in [0.5, 0.6) is 11.5 Å². The molecule has 0 aliphatic carbocycles. The predicted octanol–water partition coefficient (Wildman–Crippen LogP) is 5.57. The quantitative estimate of drug-likeness (QED) is 0.385. The number of carbonyl (C=O) groups is 1. The lowest BCUT2D eigenvalue weighted by atomic mass is 10.0. The molecule has 0 atom stereocenters. The first-order valence-electron chi connectivity index (χ1n) is 8.40. The molecule has 0 aromatic heterocycles. The molecule has 0 radical (unpaired) electrons. The number of hydrogen-bond donors (Lipinski definition) is 1. The van der Waals surface area contributed by atoms with E-state index >= 15 is 0 Å². The number of phenols is 1. The number of hydrogen-bond acceptors (Lipinski definition) is 3. The number of esters is 1. The second-order valence-corrected chi connectivity index (χ2v) is 6.15. The van der Waals surface area contributed by atoms with Crippen molar-refractivity contribution in [1.29, 1.82) is 0 Å². The van der Waals surface area contributed by atoms with Crippen molar-refractivity contribution in [2.45, 2.75) is 0 Å². The first-order valence-corrected chi connectivity index (χ1v) is 8.40. The van der Waals surface area contributed by atoms with Gasteiger partial charge in [0.15, 0.2) is 11.6 Å². The first kappa shape index (κ1) is 16.8. The minimum atomic E-state index is -0.611. The number of benzene rings is 4. The van der Waals surface area contributed by atoms with Crippen LogP contribution >= 0.6 is 0 Å². The zero-order chi connectivity index (χ0) is 18.8. The topological polar surface area (TPSA) is 46.5 Å². The van der Waals surface area contributed by atoms with E-state index in [9.17, 15) is 14.3 Å². The van der Waals surface area contributed by atoms with E-state index in [2.05, 4.69) is 0 Å². The van der Waals surface area contributed by atoms with Crippen molar-refractivity contribution in [3.05, 3.63) is 96.3 Å². The summed E-state index contributed by atoms with van der Waals surface area (Å²) in [5.41, 5.74) is 1.93. The van der Waals surface area contributed by atoms with Gasteiger partial charge in [-0.25, -0.2) is 9.18 Å². The molecule has 0 aliphatic rings. The third-order valence-corrected chi connectivity index (χ3v) is 4.30. The zero-order valence-electron chi connectivity index (χ0n) is 14.2. The van der Waals surface area contributed by atoms with Crippen LogP contribution in [0.2, 0.25) is 0 Å². The summed E-state index contributed by atoms with van der Waals surface area (Å²) in [4.78, 5) is 12.2. The Morgan fingerprint density at radius 2 is 1.44 bits per heavy atom. The molecule has 0 saturated carbocycles. The Bertz CT molecular complexity index is 1140. The van der Waals surface area contributed by atoms with E-state index < -0.39 is 11.8 Å². The molecule has 1 N–H and O–H groups in total. The van der Waals surface area contributed by atoms with Crippen molar-refractivity contribution >= 4 is 16.7 Å². The van der Waals surface area contributed by atoms with Gasteiger partial charge in [0.25, 0.3) is 0 Å². The molecule has 27 heavy (non-hydrogen) atoms. The third-order valence-electron chi connectivity index (χ3n) is 4.30. The molecule has 4 rings (SSSR count). The van der Waals surface area contributed by atoms with Crippen LogP contribution in [0.3, 0.4) is 0 Å². The second kappa shape index (κ2) is 6.92. The number of phenolic OH excluding ortho intramolecular Hbond substituents is 1. The van der Waals surface area contributed by atoms with Crippen LogP contribution in [0.15, 0.2) is 84.9 Å². The highest BCUT2D eigenvalue weighted by atomic mass is 19.1. The molecule has 0 saturated heterocycles. The maximum Gasteiger partial charge on any atom is 0.343 e. The summed E-state index contributed by atoms with van der Waals surface area (Å²) in [6, 6.07) is 23.7. The molecule has 0 heterocycles. The van der Waals surface area contributed by atoms with Gasteiger partial charge in [0.1, 0.15) is 5.75 Å². The van der Waals surface area contributed by atoms with Crippen molar-refractivity contribution in [3.8, 4) is 22.6 Å². The summed E-state index contributed by atoms with van der Waals surface area (Å²) < 4.78 is 19.4. The highest BCUT2D eigenvalue weighted by molar-refractivity contribution is 5.91. The summed E-state index contributed by atoms with van der Waals surface area (Å²) in [5, 5.41) is 11.4. The Labute approximate surface area is 155 Å². The molecule has 0 aliphatic heterocycles. The second-order valence-electron chi connectivity index (χ2n) is 6.15. The van der Waals surface area contributed by atoms with Gasteiger partial charge in [-0.1, -0.05) is 42.5 Å². The van der Waals surface area contributed by atoms with Gasteiger partial charge in [0.2, 0.25) is 0 Å². The minimum Gasteiger partial charge on any atom is -0.508 e. The van der Waals surface area contributed by atoms with Gasteiger partial charge >= 0.3 is 5.97 Å². The van der Waals surface area contributed by atoms with Gasteiger partial charge in [-0.15, -0.1) is 0 Å². The molecular formula is C23H15FO3. The highest BCUT2D eigenvalue weighted by Crippen LogP contribution is 2.30. The summed E-state index contributed by atoms with van der Waals surface area (Å²) in [5.74, 6) is -1.13. The number of ether oxygens (including phenoxy) is 1. The largest absolute Gasteiger partial charge is 0.508 e. The fourth-order valence-electron chi connectivity index (χ4n) is 2.91. The average molecular weight is 358 g/mol. The minimum absolute atomic E-state index is 0.118. The predicted molar refractivity (Wildman–Crippen MR) is 102 cm³/mol. The van der Waals surface area contributed by atoms with E-state index in [4.69, 9.17) is 4.74 Å². The lowest BCUT2D eigenvalue weighted by Gasteiger charge is -2.09. The third kappa shape index (κ3) is 3.51. The standard InChI is InChI=1S/C23H15FO3/c24-21-11-9-19(14-22(21)27-23(26)15-4-2-1-3-5-15)16-6-7-18-13-20(25)10-8-17(18)12-16/h1-14,25H. The number of fused-ring (bicyclic) bond motifs is 1. The Balaban J connectivity index is 1.68. The number of carbonyl (C=O) groups excluding carboxylic acids is 1. The van der Waals surface area contributed by atoms with Crippen molar-refractivity contribution < 1.29 is 19.0 Å². The van der Waals surface area contributed by atoms with Crippen molar-refractivity contribution in [3.63, 3.8) is 0 Å². The van der Waals surface area contributed by atoms with Gasteiger partial charge < -0.3 is 9.84 Å². The highest BCUT2D eigenvalue weighted by Gasteiger charge is 2.13.